The van der Waals surface area contributed by atoms with E-state index in [1.54, 1.807) is 22.0 Å². The van der Waals surface area contributed by atoms with Gasteiger partial charge in [-0.05, 0) is 69.2 Å². The number of carbonyl (C=O) groups excluding carboxylic acids is 2. The number of nitrogens with zero attached hydrogens (tertiary/aromatic N) is 6. The van der Waals surface area contributed by atoms with Crippen molar-refractivity contribution < 1.29 is 9.59 Å². The molecule has 2 atom stereocenters. The molecule has 37 heavy (non-hydrogen) atoms. The molecule has 1 N–H and O–H groups in total. The Morgan fingerprint density at radius 1 is 1.22 bits per heavy atom. The Morgan fingerprint density at radius 2 is 2.00 bits per heavy atom. The smallest absolute Gasteiger partial charge is 0.254 e. The van der Waals surface area contributed by atoms with Crippen LogP contribution in [0.25, 0.3) is 0 Å². The van der Waals surface area contributed by atoms with E-state index in [0.29, 0.717) is 29.2 Å². The second-order valence-electron chi connectivity index (χ2n) is 10.4. The van der Waals surface area contributed by atoms with Gasteiger partial charge in [-0.2, -0.15) is 15.5 Å². The first kappa shape index (κ1) is 24.6. The zero-order valence-corrected chi connectivity index (χ0v) is 21.6. The van der Waals surface area contributed by atoms with Crippen LogP contribution >= 0.6 is 0 Å². The van der Waals surface area contributed by atoms with E-state index in [9.17, 15) is 14.9 Å². The third-order valence-corrected chi connectivity index (χ3v) is 7.64. The molecule has 2 amide bonds. The molecule has 9 heteroatoms. The van der Waals surface area contributed by atoms with Gasteiger partial charge in [-0.25, -0.2) is 0 Å². The van der Waals surface area contributed by atoms with Crippen molar-refractivity contribution in [3.63, 3.8) is 0 Å². The molecule has 2 aromatic heterocycles. The summed E-state index contributed by atoms with van der Waals surface area (Å²) in [4.78, 5) is 27.0. The average molecular weight is 498 g/mol. The molecular formula is C28H31N7O2. The maximum absolute atomic E-state index is 12.9. The Morgan fingerprint density at radius 3 is 2.68 bits per heavy atom. The van der Waals surface area contributed by atoms with E-state index in [4.69, 9.17) is 0 Å². The Balaban J connectivity index is 1.21. The van der Waals surface area contributed by atoms with Crippen LogP contribution in [0, 0.1) is 31.1 Å². The van der Waals surface area contributed by atoms with Crippen LogP contribution in [0.1, 0.15) is 83.4 Å². The molecular weight excluding hydrogens is 466 g/mol. The predicted octanol–water partition coefficient (Wildman–Crippen LogP) is 3.82. The molecule has 3 aromatic rings. The quantitative estimate of drug-likeness (QED) is 0.553. The van der Waals surface area contributed by atoms with Gasteiger partial charge >= 0.3 is 0 Å². The van der Waals surface area contributed by atoms with Crippen LogP contribution in [0.3, 0.4) is 0 Å². The minimum absolute atomic E-state index is 0.0109. The minimum Gasteiger partial charge on any atom is -0.349 e. The zero-order valence-electron chi connectivity index (χ0n) is 21.6. The summed E-state index contributed by atoms with van der Waals surface area (Å²) in [5.74, 6) is 0.828. The molecule has 0 spiro atoms. The summed E-state index contributed by atoms with van der Waals surface area (Å²) < 4.78 is 1.70. The summed E-state index contributed by atoms with van der Waals surface area (Å²) in [5.41, 5.74) is 5.00. The second-order valence-corrected chi connectivity index (χ2v) is 10.4. The molecule has 1 aromatic carbocycles. The predicted molar refractivity (Wildman–Crippen MR) is 138 cm³/mol. The largest absolute Gasteiger partial charge is 0.349 e. The van der Waals surface area contributed by atoms with Crippen molar-refractivity contribution in [3.8, 4) is 6.07 Å². The number of anilines is 1. The summed E-state index contributed by atoms with van der Waals surface area (Å²) in [6.45, 7) is 8.50. The standard InChI is InChI=1S/C28H31N7O2/c1-16-5-6-20(13-29)24(9-16)21-11-23(12-21)31-27(36)22-14-30-35(15-22)19(4)25-10-18(3)26(33-32-25)34-8-7-17(2)28(34)37/h5-6,9-10,14-15,17,19,21,23H,7-8,11-12H2,1-4H3,(H,31,36)/t17-,19?,21?,23?/m0/s1. The summed E-state index contributed by atoms with van der Waals surface area (Å²) in [6.07, 6.45) is 5.74. The van der Waals surface area contributed by atoms with Crippen molar-refractivity contribution in [1.82, 2.24) is 25.3 Å². The normalized spacial score (nSPS) is 21.9. The van der Waals surface area contributed by atoms with Gasteiger partial charge in [0.2, 0.25) is 5.91 Å². The molecule has 1 aliphatic heterocycles. The van der Waals surface area contributed by atoms with Crippen LogP contribution in [0.5, 0.6) is 0 Å². The summed E-state index contributed by atoms with van der Waals surface area (Å²) in [6, 6.07) is 9.96. The molecule has 0 bridgehead atoms. The van der Waals surface area contributed by atoms with Crippen LogP contribution < -0.4 is 10.2 Å². The number of nitriles is 1. The highest BCUT2D eigenvalue weighted by Crippen LogP contribution is 2.39. The number of benzene rings is 1. The summed E-state index contributed by atoms with van der Waals surface area (Å²) in [7, 11) is 0. The highest BCUT2D eigenvalue weighted by atomic mass is 16.2. The van der Waals surface area contributed by atoms with Gasteiger partial charge in [-0.15, -0.1) is 5.10 Å². The highest BCUT2D eigenvalue weighted by molar-refractivity contribution is 5.96. The monoisotopic (exact) mass is 497 g/mol. The fourth-order valence-electron chi connectivity index (χ4n) is 5.19. The zero-order chi connectivity index (χ0) is 26.3. The number of hydrogen-bond acceptors (Lipinski definition) is 6. The first-order valence-corrected chi connectivity index (χ1v) is 12.8. The summed E-state index contributed by atoms with van der Waals surface area (Å²) >= 11 is 0. The Hall–Kier alpha value is -4.06. The molecule has 1 saturated carbocycles. The van der Waals surface area contributed by atoms with Gasteiger partial charge < -0.3 is 5.32 Å². The third-order valence-electron chi connectivity index (χ3n) is 7.64. The fourth-order valence-corrected chi connectivity index (χ4v) is 5.19. The number of nitrogens with one attached hydrogen (secondary N) is 1. The molecule has 1 unspecified atom stereocenters. The lowest BCUT2D eigenvalue weighted by atomic mass is 9.74. The van der Waals surface area contributed by atoms with Crippen LogP contribution in [0.15, 0.2) is 36.7 Å². The van der Waals surface area contributed by atoms with Gasteiger partial charge in [-0.3, -0.25) is 19.2 Å². The van der Waals surface area contributed by atoms with E-state index in [1.165, 1.54) is 0 Å². The Labute approximate surface area is 216 Å². The third kappa shape index (κ3) is 4.71. The van der Waals surface area contributed by atoms with E-state index in [2.05, 4.69) is 32.7 Å². The highest BCUT2D eigenvalue weighted by Gasteiger charge is 2.34. The molecule has 3 heterocycles. The SMILES string of the molecule is Cc1ccc(C#N)c(C2CC(NC(=O)c3cnn(C(C)c4cc(C)c(N5CC[C@H](C)C5=O)nn4)c3)C2)c1. The Bertz CT molecular complexity index is 1400. The lowest BCUT2D eigenvalue weighted by Gasteiger charge is -2.36. The van der Waals surface area contributed by atoms with Crippen molar-refractivity contribution >= 4 is 17.6 Å². The maximum Gasteiger partial charge on any atom is 0.254 e. The lowest BCUT2D eigenvalue weighted by molar-refractivity contribution is -0.119. The van der Waals surface area contributed by atoms with E-state index < -0.39 is 0 Å². The first-order chi connectivity index (χ1) is 17.7. The molecule has 1 saturated heterocycles. The molecule has 2 fully saturated rings. The number of amides is 2. The second kappa shape index (κ2) is 9.77. The maximum atomic E-state index is 12.9. The number of rotatable bonds is 6. The van der Waals surface area contributed by atoms with Crippen LogP contribution in [0.4, 0.5) is 5.82 Å². The van der Waals surface area contributed by atoms with E-state index in [0.717, 1.165) is 36.0 Å². The number of aromatic nitrogens is 4. The van der Waals surface area contributed by atoms with Gasteiger partial charge in [-0.1, -0.05) is 24.6 Å². The molecule has 1 aliphatic carbocycles. The van der Waals surface area contributed by atoms with Crippen LogP contribution in [-0.2, 0) is 4.79 Å². The van der Waals surface area contributed by atoms with Crippen molar-refractivity contribution in [2.45, 2.75) is 65.0 Å². The Kier molecular flexibility index (Phi) is 6.50. The van der Waals surface area contributed by atoms with E-state index in [-0.39, 0.29) is 35.7 Å². The molecule has 0 radical (unpaired) electrons. The summed E-state index contributed by atoms with van der Waals surface area (Å²) in [5, 5.41) is 25.6. The number of hydrogen-bond donors (Lipinski definition) is 1. The molecule has 190 valence electrons. The lowest BCUT2D eigenvalue weighted by Crippen LogP contribution is -2.43. The van der Waals surface area contributed by atoms with Crippen LogP contribution in [0.2, 0.25) is 0 Å². The number of carbonyl (C=O) groups is 2. The van der Waals surface area contributed by atoms with Gasteiger partial charge in [0, 0.05) is 24.7 Å². The average Bonchev–Trinajstić information content (AvgIpc) is 3.48. The van der Waals surface area contributed by atoms with E-state index >= 15 is 0 Å². The van der Waals surface area contributed by atoms with Crippen LogP contribution in [-0.4, -0.2) is 44.4 Å². The van der Waals surface area contributed by atoms with Crippen molar-refractivity contribution in [1.29, 1.82) is 5.26 Å². The van der Waals surface area contributed by atoms with Gasteiger partial charge in [0.15, 0.2) is 5.82 Å². The molecule has 9 nitrogen and oxygen atoms in total. The topological polar surface area (TPSA) is 117 Å². The first-order valence-electron chi connectivity index (χ1n) is 12.8. The number of aryl methyl sites for hydroxylation is 2. The van der Waals surface area contributed by atoms with Gasteiger partial charge in [0.05, 0.1) is 35.1 Å². The molecule has 2 aliphatic rings. The molecule has 5 rings (SSSR count). The van der Waals surface area contributed by atoms with Crippen molar-refractivity contribution in [3.05, 3.63) is 70.2 Å². The fraction of sp³-hybridized carbons (Fsp3) is 0.429. The van der Waals surface area contributed by atoms with E-state index in [1.807, 2.05) is 45.9 Å². The van der Waals surface area contributed by atoms with Crippen molar-refractivity contribution in [2.75, 3.05) is 11.4 Å². The minimum atomic E-state index is -0.228. The van der Waals surface area contributed by atoms with Gasteiger partial charge in [0.25, 0.3) is 5.91 Å². The van der Waals surface area contributed by atoms with Crippen molar-refractivity contribution in [2.24, 2.45) is 5.92 Å². The van der Waals surface area contributed by atoms with Gasteiger partial charge in [0.1, 0.15) is 0 Å².